The monoisotopic (exact) mass is 358 g/mol. The van der Waals surface area contributed by atoms with Crippen molar-refractivity contribution in [3.63, 3.8) is 0 Å². The lowest BCUT2D eigenvalue weighted by atomic mass is 10.1. The Labute approximate surface area is 153 Å². The molecule has 1 amide bonds. The van der Waals surface area contributed by atoms with Gasteiger partial charge in [0.2, 0.25) is 11.0 Å². The average molecular weight is 359 g/mol. The van der Waals surface area contributed by atoms with Crippen LogP contribution in [0.1, 0.15) is 37.2 Å². The van der Waals surface area contributed by atoms with Crippen LogP contribution in [0.4, 0.5) is 5.13 Å². The second kappa shape index (κ2) is 7.95. The topological polar surface area (TPSA) is 49.3 Å². The van der Waals surface area contributed by atoms with E-state index in [-0.39, 0.29) is 11.8 Å². The van der Waals surface area contributed by atoms with E-state index in [1.165, 1.54) is 22.7 Å². The maximum absolute atomic E-state index is 12.2. The zero-order chi connectivity index (χ0) is 17.8. The summed E-state index contributed by atoms with van der Waals surface area (Å²) in [7, 11) is 0. The fourth-order valence-electron chi connectivity index (χ4n) is 3.03. The molecule has 1 fully saturated rings. The first-order chi connectivity index (χ1) is 12.0. The summed E-state index contributed by atoms with van der Waals surface area (Å²) >= 11 is 1.47. The zero-order valence-corrected chi connectivity index (χ0v) is 16.1. The molecule has 0 atom stereocenters. The first kappa shape index (κ1) is 17.9. The smallest absolute Gasteiger partial charge is 0.225 e. The van der Waals surface area contributed by atoms with E-state index in [1.807, 2.05) is 18.7 Å². The normalized spacial score (nSPS) is 15.5. The molecule has 1 aromatic carbocycles. The Balaban J connectivity index is 1.62. The molecule has 1 aromatic heterocycles. The first-order valence-corrected chi connectivity index (χ1v) is 9.72. The summed E-state index contributed by atoms with van der Waals surface area (Å²) < 4.78 is 4.53. The van der Waals surface area contributed by atoms with Gasteiger partial charge in [-0.2, -0.15) is 4.37 Å². The molecule has 25 heavy (non-hydrogen) atoms. The van der Waals surface area contributed by atoms with Crippen LogP contribution in [-0.4, -0.2) is 46.3 Å². The predicted molar refractivity (Wildman–Crippen MR) is 102 cm³/mol. The van der Waals surface area contributed by atoms with Gasteiger partial charge >= 0.3 is 0 Å². The number of aryl methyl sites for hydroxylation is 1. The van der Waals surface area contributed by atoms with Crippen molar-refractivity contribution < 1.29 is 4.79 Å². The SMILES string of the molecule is Cc1ccc(Cc2nsc(N3CCCN(C(=O)C(C)C)CC3)n2)cc1. The number of benzene rings is 1. The van der Waals surface area contributed by atoms with Gasteiger partial charge in [-0.1, -0.05) is 43.7 Å². The molecule has 0 unspecified atom stereocenters. The van der Waals surface area contributed by atoms with Gasteiger partial charge in [-0.25, -0.2) is 4.98 Å². The van der Waals surface area contributed by atoms with Gasteiger partial charge < -0.3 is 9.80 Å². The summed E-state index contributed by atoms with van der Waals surface area (Å²) in [4.78, 5) is 21.2. The van der Waals surface area contributed by atoms with E-state index in [4.69, 9.17) is 4.98 Å². The highest BCUT2D eigenvalue weighted by atomic mass is 32.1. The molecule has 6 heteroatoms. The van der Waals surface area contributed by atoms with E-state index in [0.717, 1.165) is 50.0 Å². The molecule has 134 valence electrons. The summed E-state index contributed by atoms with van der Waals surface area (Å²) in [6, 6.07) is 8.52. The van der Waals surface area contributed by atoms with Crippen molar-refractivity contribution >= 4 is 22.6 Å². The molecule has 0 spiro atoms. The van der Waals surface area contributed by atoms with Crippen molar-refractivity contribution in [3.05, 3.63) is 41.2 Å². The summed E-state index contributed by atoms with van der Waals surface area (Å²) in [6.45, 7) is 9.39. The highest BCUT2D eigenvalue weighted by molar-refractivity contribution is 7.09. The number of nitrogens with zero attached hydrogens (tertiary/aromatic N) is 4. The summed E-state index contributed by atoms with van der Waals surface area (Å²) in [5.74, 6) is 1.19. The molecule has 1 aliphatic heterocycles. The lowest BCUT2D eigenvalue weighted by Crippen LogP contribution is -2.37. The minimum Gasteiger partial charge on any atom is -0.345 e. The second-order valence-electron chi connectivity index (χ2n) is 6.98. The molecule has 0 bridgehead atoms. The number of hydrogen-bond acceptors (Lipinski definition) is 5. The Bertz CT molecular complexity index is 710. The minimum absolute atomic E-state index is 0.0641. The average Bonchev–Trinajstić information content (AvgIpc) is 2.91. The predicted octanol–water partition coefficient (Wildman–Crippen LogP) is 3.13. The second-order valence-corrected chi connectivity index (χ2v) is 7.71. The van der Waals surface area contributed by atoms with E-state index in [1.54, 1.807) is 0 Å². The fraction of sp³-hybridized carbons (Fsp3) is 0.526. The van der Waals surface area contributed by atoms with Crippen LogP contribution in [0.3, 0.4) is 0 Å². The maximum Gasteiger partial charge on any atom is 0.225 e. The molecule has 1 aliphatic rings. The summed E-state index contributed by atoms with van der Waals surface area (Å²) in [5, 5.41) is 0.973. The Morgan fingerprint density at radius 2 is 1.92 bits per heavy atom. The van der Waals surface area contributed by atoms with E-state index >= 15 is 0 Å². The number of hydrogen-bond donors (Lipinski definition) is 0. The Kier molecular flexibility index (Phi) is 5.68. The highest BCUT2D eigenvalue weighted by Crippen LogP contribution is 2.21. The molecule has 0 radical (unpaired) electrons. The lowest BCUT2D eigenvalue weighted by molar-refractivity contribution is -0.134. The van der Waals surface area contributed by atoms with Gasteiger partial charge in [0, 0.05) is 50.1 Å². The largest absolute Gasteiger partial charge is 0.345 e. The molecule has 0 aliphatic carbocycles. The van der Waals surface area contributed by atoms with Crippen LogP contribution in [0.15, 0.2) is 24.3 Å². The van der Waals surface area contributed by atoms with E-state index in [0.29, 0.717) is 0 Å². The van der Waals surface area contributed by atoms with Crippen LogP contribution in [0.2, 0.25) is 0 Å². The van der Waals surface area contributed by atoms with Crippen LogP contribution in [0, 0.1) is 12.8 Å². The fourth-order valence-corrected chi connectivity index (χ4v) is 3.76. The Morgan fingerprint density at radius 1 is 1.16 bits per heavy atom. The quantitative estimate of drug-likeness (QED) is 0.842. The van der Waals surface area contributed by atoms with Crippen molar-refractivity contribution in [3.8, 4) is 0 Å². The van der Waals surface area contributed by atoms with Crippen molar-refractivity contribution in [2.24, 2.45) is 5.92 Å². The van der Waals surface area contributed by atoms with Gasteiger partial charge in [0.1, 0.15) is 5.82 Å². The number of amides is 1. The van der Waals surface area contributed by atoms with Gasteiger partial charge in [-0.3, -0.25) is 4.79 Å². The van der Waals surface area contributed by atoms with Crippen molar-refractivity contribution in [2.75, 3.05) is 31.1 Å². The van der Waals surface area contributed by atoms with Gasteiger partial charge in [0.05, 0.1) is 0 Å². The molecule has 3 rings (SSSR count). The van der Waals surface area contributed by atoms with Crippen molar-refractivity contribution in [2.45, 2.75) is 33.6 Å². The maximum atomic E-state index is 12.2. The molecule has 5 nitrogen and oxygen atoms in total. The van der Waals surface area contributed by atoms with Crippen molar-refractivity contribution in [1.82, 2.24) is 14.3 Å². The lowest BCUT2D eigenvalue weighted by Gasteiger charge is -2.23. The minimum atomic E-state index is 0.0641. The van der Waals surface area contributed by atoms with Gasteiger partial charge in [0.25, 0.3) is 0 Å². The molecule has 0 saturated carbocycles. The zero-order valence-electron chi connectivity index (χ0n) is 15.2. The molecular weight excluding hydrogens is 332 g/mol. The molecule has 2 heterocycles. The van der Waals surface area contributed by atoms with Crippen molar-refractivity contribution in [1.29, 1.82) is 0 Å². The van der Waals surface area contributed by atoms with E-state index in [9.17, 15) is 4.79 Å². The Morgan fingerprint density at radius 3 is 2.64 bits per heavy atom. The number of carbonyl (C=O) groups is 1. The molecular formula is C19H26N4OS. The third kappa shape index (κ3) is 4.57. The number of carbonyl (C=O) groups excluding carboxylic acids is 1. The number of aromatic nitrogens is 2. The first-order valence-electron chi connectivity index (χ1n) is 8.95. The van der Waals surface area contributed by atoms with Crippen LogP contribution < -0.4 is 4.90 Å². The third-order valence-corrected chi connectivity index (χ3v) is 5.33. The van der Waals surface area contributed by atoms with Gasteiger partial charge in [0.15, 0.2) is 0 Å². The van der Waals surface area contributed by atoms with E-state index < -0.39 is 0 Å². The van der Waals surface area contributed by atoms with Crippen LogP contribution in [0.25, 0.3) is 0 Å². The summed E-state index contributed by atoms with van der Waals surface area (Å²) in [6.07, 6.45) is 1.74. The molecule has 2 aromatic rings. The third-order valence-electron chi connectivity index (χ3n) is 4.51. The Hall–Kier alpha value is -1.95. The van der Waals surface area contributed by atoms with Gasteiger partial charge in [-0.05, 0) is 18.9 Å². The number of rotatable bonds is 4. The van der Waals surface area contributed by atoms with Gasteiger partial charge in [-0.15, -0.1) is 0 Å². The molecule has 1 saturated heterocycles. The number of anilines is 1. The van der Waals surface area contributed by atoms with Crippen LogP contribution >= 0.6 is 11.5 Å². The highest BCUT2D eigenvalue weighted by Gasteiger charge is 2.22. The van der Waals surface area contributed by atoms with Crippen LogP contribution in [0.5, 0.6) is 0 Å². The molecule has 0 N–H and O–H groups in total. The summed E-state index contributed by atoms with van der Waals surface area (Å²) in [5.41, 5.74) is 2.50. The van der Waals surface area contributed by atoms with E-state index in [2.05, 4.69) is 40.5 Å². The standard InChI is InChI=1S/C19H26N4OS/c1-14(2)18(24)22-9-4-10-23(12-11-22)19-20-17(21-25-19)13-16-7-5-15(3)6-8-16/h5-8,14H,4,9-13H2,1-3H3. The van der Waals surface area contributed by atoms with Crippen LogP contribution in [-0.2, 0) is 11.2 Å².